The van der Waals surface area contributed by atoms with Gasteiger partial charge in [0.15, 0.2) is 0 Å². The lowest BCUT2D eigenvalue weighted by molar-refractivity contribution is 0.0945. The fourth-order valence-corrected chi connectivity index (χ4v) is 3.45. The molecule has 2 N–H and O–H groups in total. The van der Waals surface area contributed by atoms with E-state index in [4.69, 9.17) is 0 Å². The molecule has 0 bridgehead atoms. The van der Waals surface area contributed by atoms with Crippen LogP contribution >= 0.6 is 11.3 Å². The molecule has 144 valence electrons. The molecule has 7 heteroatoms. The molecule has 2 amide bonds. The first-order valence-corrected chi connectivity index (χ1v) is 10.0. The van der Waals surface area contributed by atoms with Gasteiger partial charge in [-0.25, -0.2) is 4.98 Å². The Bertz CT molecular complexity index is 967. The molecule has 0 atom stereocenters. The zero-order valence-corrected chi connectivity index (χ0v) is 16.7. The van der Waals surface area contributed by atoms with Crippen molar-refractivity contribution in [2.24, 2.45) is 0 Å². The lowest BCUT2D eigenvalue weighted by Gasteiger charge is -2.07. The van der Waals surface area contributed by atoms with Gasteiger partial charge in [-0.15, -0.1) is 11.3 Å². The van der Waals surface area contributed by atoms with Crippen LogP contribution in [0.25, 0.3) is 11.3 Å². The summed E-state index contributed by atoms with van der Waals surface area (Å²) in [6.07, 6.45) is 2.43. The molecule has 0 saturated carbocycles. The van der Waals surface area contributed by atoms with Crippen molar-refractivity contribution in [3.8, 4) is 11.3 Å². The van der Waals surface area contributed by atoms with Crippen molar-refractivity contribution in [1.29, 1.82) is 0 Å². The summed E-state index contributed by atoms with van der Waals surface area (Å²) in [6, 6.07) is 10.8. The molecule has 0 saturated heterocycles. The molecule has 0 unspecified atom stereocenters. The molecule has 28 heavy (non-hydrogen) atoms. The number of thiazole rings is 1. The Morgan fingerprint density at radius 3 is 2.54 bits per heavy atom. The largest absolute Gasteiger partial charge is 0.352 e. The predicted molar refractivity (Wildman–Crippen MR) is 110 cm³/mol. The van der Waals surface area contributed by atoms with Crippen LogP contribution in [0.5, 0.6) is 0 Å². The van der Waals surface area contributed by atoms with Gasteiger partial charge in [0.1, 0.15) is 5.01 Å². The summed E-state index contributed by atoms with van der Waals surface area (Å²) < 4.78 is 0. The monoisotopic (exact) mass is 394 g/mol. The minimum Gasteiger partial charge on any atom is -0.352 e. The molecular formula is C21H22N4O2S. The van der Waals surface area contributed by atoms with Crippen LogP contribution < -0.4 is 10.6 Å². The van der Waals surface area contributed by atoms with Gasteiger partial charge in [-0.2, -0.15) is 0 Å². The number of carbonyl (C=O) groups is 2. The quantitative estimate of drug-likeness (QED) is 0.643. The van der Waals surface area contributed by atoms with Gasteiger partial charge in [-0.3, -0.25) is 14.6 Å². The number of amides is 2. The van der Waals surface area contributed by atoms with Crippen LogP contribution in [0.1, 0.15) is 45.3 Å². The van der Waals surface area contributed by atoms with Crippen molar-refractivity contribution in [1.82, 2.24) is 20.6 Å². The molecule has 0 spiro atoms. The molecule has 2 heterocycles. The molecule has 2 aromatic heterocycles. The van der Waals surface area contributed by atoms with Gasteiger partial charge in [0.2, 0.25) is 0 Å². The van der Waals surface area contributed by atoms with Gasteiger partial charge in [0.25, 0.3) is 11.8 Å². The highest BCUT2D eigenvalue weighted by Crippen LogP contribution is 2.19. The van der Waals surface area contributed by atoms with Crippen molar-refractivity contribution in [2.45, 2.75) is 26.8 Å². The van der Waals surface area contributed by atoms with Crippen LogP contribution in [0.15, 0.2) is 48.0 Å². The van der Waals surface area contributed by atoms with E-state index >= 15 is 0 Å². The molecule has 6 nitrogen and oxygen atoms in total. The molecule has 0 radical (unpaired) electrons. The van der Waals surface area contributed by atoms with E-state index in [1.807, 2.05) is 24.4 Å². The van der Waals surface area contributed by atoms with Gasteiger partial charge in [-0.1, -0.05) is 19.1 Å². The average molecular weight is 395 g/mol. The van der Waals surface area contributed by atoms with E-state index in [9.17, 15) is 9.59 Å². The first-order chi connectivity index (χ1) is 13.6. The van der Waals surface area contributed by atoms with E-state index in [2.05, 4.69) is 27.5 Å². The number of pyridine rings is 1. The SMILES string of the molecule is CCNC(=O)c1ccc(-c2cccc(C(=O)NCc3nc(CC)cs3)c2)nc1. The second-order valence-electron chi connectivity index (χ2n) is 6.14. The molecule has 3 rings (SSSR count). The molecule has 0 aliphatic carbocycles. The Morgan fingerprint density at radius 1 is 1.04 bits per heavy atom. The number of aromatic nitrogens is 2. The van der Waals surface area contributed by atoms with Crippen molar-refractivity contribution in [2.75, 3.05) is 6.54 Å². The summed E-state index contributed by atoms with van der Waals surface area (Å²) in [7, 11) is 0. The summed E-state index contributed by atoms with van der Waals surface area (Å²) in [5, 5.41) is 8.55. The standard InChI is InChI=1S/C21H22N4O2S/c1-3-17-13-28-19(25-17)12-24-20(26)15-7-5-6-14(10-15)18-9-8-16(11-23-18)21(27)22-4-2/h5-11,13H,3-4,12H2,1-2H3,(H,22,27)(H,24,26). The minimum absolute atomic E-state index is 0.150. The first kappa shape index (κ1) is 19.7. The molecule has 3 aromatic rings. The Balaban J connectivity index is 1.69. The Labute approximate surface area is 168 Å². The lowest BCUT2D eigenvalue weighted by Crippen LogP contribution is -2.23. The number of nitrogens with one attached hydrogen (secondary N) is 2. The number of hydrogen-bond acceptors (Lipinski definition) is 5. The number of aryl methyl sites for hydroxylation is 1. The maximum atomic E-state index is 12.5. The Hall–Kier alpha value is -3.06. The molecule has 1 aromatic carbocycles. The third-order valence-corrected chi connectivity index (χ3v) is 5.04. The number of hydrogen-bond donors (Lipinski definition) is 2. The van der Waals surface area contributed by atoms with Crippen molar-refractivity contribution >= 4 is 23.2 Å². The van der Waals surface area contributed by atoms with Gasteiger partial charge in [0, 0.05) is 29.2 Å². The van der Waals surface area contributed by atoms with Crippen molar-refractivity contribution in [3.05, 3.63) is 69.8 Å². The number of nitrogens with zero attached hydrogens (tertiary/aromatic N) is 2. The first-order valence-electron chi connectivity index (χ1n) is 9.16. The maximum Gasteiger partial charge on any atom is 0.252 e. The second-order valence-corrected chi connectivity index (χ2v) is 7.08. The summed E-state index contributed by atoms with van der Waals surface area (Å²) in [4.78, 5) is 33.1. The van der Waals surface area contributed by atoms with Crippen LogP contribution in [0.2, 0.25) is 0 Å². The lowest BCUT2D eigenvalue weighted by atomic mass is 10.1. The van der Waals surface area contributed by atoms with E-state index in [1.165, 1.54) is 0 Å². The van der Waals surface area contributed by atoms with E-state index in [-0.39, 0.29) is 11.8 Å². The topological polar surface area (TPSA) is 84.0 Å². The van der Waals surface area contributed by atoms with Gasteiger partial charge in [0.05, 0.1) is 23.5 Å². The van der Waals surface area contributed by atoms with Crippen molar-refractivity contribution in [3.63, 3.8) is 0 Å². The Morgan fingerprint density at radius 2 is 1.86 bits per heavy atom. The molecule has 0 aliphatic heterocycles. The van der Waals surface area contributed by atoms with Gasteiger partial charge >= 0.3 is 0 Å². The number of carbonyl (C=O) groups excluding carboxylic acids is 2. The van der Waals surface area contributed by atoms with E-state index in [0.29, 0.717) is 29.9 Å². The van der Waals surface area contributed by atoms with Crippen molar-refractivity contribution < 1.29 is 9.59 Å². The average Bonchev–Trinajstić information content (AvgIpc) is 3.20. The fraction of sp³-hybridized carbons (Fsp3) is 0.238. The van der Waals surface area contributed by atoms with Crippen LogP contribution in [-0.2, 0) is 13.0 Å². The zero-order valence-electron chi connectivity index (χ0n) is 15.9. The number of benzene rings is 1. The summed E-state index contributed by atoms with van der Waals surface area (Å²) in [5.41, 5.74) is 3.62. The molecule has 0 aliphatic rings. The summed E-state index contributed by atoms with van der Waals surface area (Å²) in [6.45, 7) is 4.90. The zero-order chi connectivity index (χ0) is 19.9. The minimum atomic E-state index is -0.158. The third kappa shape index (κ3) is 4.80. The second kappa shape index (κ2) is 9.23. The van der Waals surface area contributed by atoms with Crippen LogP contribution in [0.4, 0.5) is 0 Å². The highest BCUT2D eigenvalue weighted by Gasteiger charge is 2.10. The highest BCUT2D eigenvalue weighted by molar-refractivity contribution is 7.09. The normalized spacial score (nSPS) is 10.5. The predicted octanol–water partition coefficient (Wildman–Crippen LogP) is 3.45. The van der Waals surface area contributed by atoms with Gasteiger partial charge < -0.3 is 10.6 Å². The van der Waals surface area contributed by atoms with E-state index < -0.39 is 0 Å². The summed E-state index contributed by atoms with van der Waals surface area (Å²) >= 11 is 1.55. The van der Waals surface area contributed by atoms with Crippen LogP contribution in [0, 0.1) is 0 Å². The molecule has 0 fully saturated rings. The van der Waals surface area contributed by atoms with E-state index in [1.54, 1.807) is 41.8 Å². The fourth-order valence-electron chi connectivity index (χ4n) is 2.63. The molecular weight excluding hydrogens is 372 g/mol. The highest BCUT2D eigenvalue weighted by atomic mass is 32.1. The van der Waals surface area contributed by atoms with E-state index in [0.717, 1.165) is 22.7 Å². The third-order valence-electron chi connectivity index (χ3n) is 4.15. The van der Waals surface area contributed by atoms with Gasteiger partial charge in [-0.05, 0) is 37.6 Å². The summed E-state index contributed by atoms with van der Waals surface area (Å²) in [5.74, 6) is -0.308. The van der Waals surface area contributed by atoms with Crippen LogP contribution in [-0.4, -0.2) is 28.3 Å². The maximum absolute atomic E-state index is 12.5. The van der Waals surface area contributed by atoms with Crippen LogP contribution in [0.3, 0.4) is 0 Å². The Kier molecular flexibility index (Phi) is 6.49. The smallest absolute Gasteiger partial charge is 0.252 e. The number of rotatable bonds is 7.